The number of hydrogen-bond donors (Lipinski definition) is 1. The SMILES string of the molecule is CNCC(CC(C)(C)C)c1nc(-c2ccccc2)nc(-c2ccccc2)n1. The lowest BCUT2D eigenvalue weighted by molar-refractivity contribution is 0.329. The van der Waals surface area contributed by atoms with Crippen LogP contribution in [0.4, 0.5) is 0 Å². The quantitative estimate of drug-likeness (QED) is 0.676. The molecular weight excluding hydrogens is 332 g/mol. The molecule has 0 aliphatic rings. The molecule has 140 valence electrons. The van der Waals surface area contributed by atoms with Crippen molar-refractivity contribution in [2.75, 3.05) is 13.6 Å². The van der Waals surface area contributed by atoms with E-state index in [-0.39, 0.29) is 11.3 Å². The Morgan fingerprint density at radius 2 is 1.26 bits per heavy atom. The van der Waals surface area contributed by atoms with Crippen LogP contribution in [0.3, 0.4) is 0 Å². The zero-order chi connectivity index (χ0) is 19.3. The van der Waals surface area contributed by atoms with E-state index in [4.69, 9.17) is 15.0 Å². The predicted octanol–water partition coefficient (Wildman–Crippen LogP) is 4.94. The van der Waals surface area contributed by atoms with Crippen molar-refractivity contribution in [1.82, 2.24) is 20.3 Å². The molecule has 0 bridgehead atoms. The van der Waals surface area contributed by atoms with Gasteiger partial charge in [-0.15, -0.1) is 0 Å². The third-order valence-electron chi connectivity index (χ3n) is 4.39. The lowest BCUT2D eigenvalue weighted by Gasteiger charge is -2.25. The second-order valence-electron chi connectivity index (χ2n) is 8.09. The van der Waals surface area contributed by atoms with Crippen LogP contribution in [0, 0.1) is 5.41 Å². The van der Waals surface area contributed by atoms with E-state index >= 15 is 0 Å². The van der Waals surface area contributed by atoms with Crippen LogP contribution in [0.5, 0.6) is 0 Å². The molecule has 27 heavy (non-hydrogen) atoms. The summed E-state index contributed by atoms with van der Waals surface area (Å²) in [6.07, 6.45) is 1.00. The van der Waals surface area contributed by atoms with Gasteiger partial charge < -0.3 is 5.32 Å². The minimum absolute atomic E-state index is 0.188. The standard InChI is InChI=1S/C23H28N4/c1-23(2,3)15-19(16-24-4)22-26-20(17-11-7-5-8-12-17)25-21(27-22)18-13-9-6-10-14-18/h5-14,19,24H,15-16H2,1-4H3. The van der Waals surface area contributed by atoms with Gasteiger partial charge in [-0.05, 0) is 18.9 Å². The number of likely N-dealkylation sites (N-methyl/N-ethyl adjacent to an activating group) is 1. The summed E-state index contributed by atoms with van der Waals surface area (Å²) in [4.78, 5) is 14.5. The molecule has 0 saturated heterocycles. The van der Waals surface area contributed by atoms with Gasteiger partial charge in [0.2, 0.25) is 0 Å². The van der Waals surface area contributed by atoms with E-state index in [9.17, 15) is 0 Å². The minimum atomic E-state index is 0.188. The molecule has 4 nitrogen and oxygen atoms in total. The van der Waals surface area contributed by atoms with Crippen LogP contribution < -0.4 is 5.32 Å². The average molecular weight is 361 g/mol. The maximum Gasteiger partial charge on any atom is 0.163 e. The molecule has 3 rings (SSSR count). The number of aromatic nitrogens is 3. The van der Waals surface area contributed by atoms with Gasteiger partial charge in [0.05, 0.1) is 0 Å². The van der Waals surface area contributed by atoms with Crippen molar-refractivity contribution < 1.29 is 0 Å². The summed E-state index contributed by atoms with van der Waals surface area (Å²) in [6.45, 7) is 7.61. The number of nitrogens with one attached hydrogen (secondary N) is 1. The molecule has 0 saturated carbocycles. The van der Waals surface area contributed by atoms with Crippen molar-refractivity contribution in [3.05, 3.63) is 66.5 Å². The highest BCUT2D eigenvalue weighted by Gasteiger charge is 2.24. The van der Waals surface area contributed by atoms with E-state index < -0.39 is 0 Å². The summed E-state index contributed by atoms with van der Waals surface area (Å²) < 4.78 is 0. The van der Waals surface area contributed by atoms with Crippen LogP contribution >= 0.6 is 0 Å². The summed E-state index contributed by atoms with van der Waals surface area (Å²) in [5, 5.41) is 3.31. The van der Waals surface area contributed by atoms with Crippen LogP contribution in [-0.4, -0.2) is 28.5 Å². The Morgan fingerprint density at radius 3 is 1.67 bits per heavy atom. The van der Waals surface area contributed by atoms with Gasteiger partial charge >= 0.3 is 0 Å². The molecule has 0 amide bonds. The van der Waals surface area contributed by atoms with Crippen LogP contribution in [0.25, 0.3) is 22.8 Å². The van der Waals surface area contributed by atoms with E-state index in [2.05, 4.69) is 26.1 Å². The lowest BCUT2D eigenvalue weighted by Crippen LogP contribution is -2.24. The normalized spacial score (nSPS) is 12.7. The van der Waals surface area contributed by atoms with E-state index in [1.165, 1.54) is 0 Å². The molecule has 2 aromatic carbocycles. The average Bonchev–Trinajstić information content (AvgIpc) is 2.68. The number of benzene rings is 2. The maximum absolute atomic E-state index is 4.87. The molecule has 0 aliphatic heterocycles. The number of rotatable bonds is 6. The molecule has 1 aromatic heterocycles. The summed E-state index contributed by atoms with van der Waals surface area (Å²) in [7, 11) is 1.98. The molecule has 4 heteroatoms. The van der Waals surface area contributed by atoms with E-state index in [0.29, 0.717) is 0 Å². The first-order chi connectivity index (χ1) is 13.0. The van der Waals surface area contributed by atoms with Crippen LogP contribution in [0.15, 0.2) is 60.7 Å². The van der Waals surface area contributed by atoms with Gasteiger partial charge in [-0.25, -0.2) is 15.0 Å². The second-order valence-corrected chi connectivity index (χ2v) is 8.09. The van der Waals surface area contributed by atoms with Gasteiger partial charge in [0, 0.05) is 23.6 Å². The zero-order valence-corrected chi connectivity index (χ0v) is 16.6. The van der Waals surface area contributed by atoms with Crippen LogP contribution in [0.1, 0.15) is 38.9 Å². The summed E-state index contributed by atoms with van der Waals surface area (Å²) in [6, 6.07) is 20.3. The number of hydrogen-bond acceptors (Lipinski definition) is 4. The van der Waals surface area contributed by atoms with Gasteiger partial charge in [-0.2, -0.15) is 0 Å². The number of nitrogens with zero attached hydrogens (tertiary/aromatic N) is 3. The molecule has 0 aliphatic carbocycles. The first-order valence-corrected chi connectivity index (χ1v) is 9.48. The third kappa shape index (κ3) is 5.20. The van der Waals surface area contributed by atoms with Crippen molar-refractivity contribution in [1.29, 1.82) is 0 Å². The Balaban J connectivity index is 2.11. The maximum atomic E-state index is 4.87. The monoisotopic (exact) mass is 360 g/mol. The predicted molar refractivity (Wildman–Crippen MR) is 111 cm³/mol. The summed E-state index contributed by atoms with van der Waals surface area (Å²) >= 11 is 0. The molecular formula is C23H28N4. The zero-order valence-electron chi connectivity index (χ0n) is 16.6. The lowest BCUT2D eigenvalue weighted by atomic mass is 9.84. The van der Waals surface area contributed by atoms with Crippen molar-refractivity contribution in [3.63, 3.8) is 0 Å². The fraction of sp³-hybridized carbons (Fsp3) is 0.348. The highest BCUT2D eigenvalue weighted by molar-refractivity contribution is 5.60. The highest BCUT2D eigenvalue weighted by Crippen LogP contribution is 2.31. The van der Waals surface area contributed by atoms with Gasteiger partial charge in [0.1, 0.15) is 5.82 Å². The molecule has 3 aromatic rings. The van der Waals surface area contributed by atoms with Crippen molar-refractivity contribution in [3.8, 4) is 22.8 Å². The highest BCUT2D eigenvalue weighted by atomic mass is 15.0. The molecule has 1 heterocycles. The van der Waals surface area contributed by atoms with Gasteiger partial charge in [-0.1, -0.05) is 81.4 Å². The van der Waals surface area contributed by atoms with Gasteiger partial charge in [0.15, 0.2) is 11.6 Å². The van der Waals surface area contributed by atoms with Crippen molar-refractivity contribution in [2.45, 2.75) is 33.1 Å². The Morgan fingerprint density at radius 1 is 0.778 bits per heavy atom. The molecule has 1 atom stereocenters. The van der Waals surface area contributed by atoms with Crippen LogP contribution in [-0.2, 0) is 0 Å². The largest absolute Gasteiger partial charge is 0.319 e. The molecule has 1 N–H and O–H groups in total. The summed E-state index contributed by atoms with van der Waals surface area (Å²) in [5.41, 5.74) is 2.21. The fourth-order valence-electron chi connectivity index (χ4n) is 3.25. The smallest absolute Gasteiger partial charge is 0.163 e. The van der Waals surface area contributed by atoms with E-state index in [1.807, 2.05) is 67.7 Å². The Kier molecular flexibility index (Phi) is 5.97. The molecule has 0 radical (unpaired) electrons. The molecule has 0 spiro atoms. The van der Waals surface area contributed by atoms with E-state index in [1.54, 1.807) is 0 Å². The fourth-order valence-corrected chi connectivity index (χ4v) is 3.25. The van der Waals surface area contributed by atoms with Gasteiger partial charge in [-0.3, -0.25) is 0 Å². The first kappa shape index (κ1) is 19.2. The third-order valence-corrected chi connectivity index (χ3v) is 4.39. The molecule has 1 unspecified atom stereocenters. The van der Waals surface area contributed by atoms with Crippen molar-refractivity contribution in [2.24, 2.45) is 5.41 Å². The van der Waals surface area contributed by atoms with Gasteiger partial charge in [0.25, 0.3) is 0 Å². The Bertz CT molecular complexity index is 797. The topological polar surface area (TPSA) is 50.7 Å². The first-order valence-electron chi connectivity index (χ1n) is 9.48. The van der Waals surface area contributed by atoms with E-state index in [0.717, 1.165) is 41.6 Å². The van der Waals surface area contributed by atoms with Crippen LogP contribution in [0.2, 0.25) is 0 Å². The van der Waals surface area contributed by atoms with Crippen molar-refractivity contribution >= 4 is 0 Å². The minimum Gasteiger partial charge on any atom is -0.319 e. The molecule has 0 fully saturated rings. The summed E-state index contributed by atoms with van der Waals surface area (Å²) in [5.74, 6) is 2.54. The Labute approximate surface area is 162 Å². The Hall–Kier alpha value is -2.59. The second kappa shape index (κ2) is 8.40.